The summed E-state index contributed by atoms with van der Waals surface area (Å²) in [5.74, 6) is 1.30. The lowest BCUT2D eigenvalue weighted by molar-refractivity contribution is -0.114. The second-order valence-electron chi connectivity index (χ2n) is 3.51. The molecular formula is C11H12N4O. The van der Waals surface area contributed by atoms with Gasteiger partial charge in [-0.1, -0.05) is 12.1 Å². The van der Waals surface area contributed by atoms with Gasteiger partial charge in [0, 0.05) is 18.2 Å². The van der Waals surface area contributed by atoms with Crippen molar-refractivity contribution in [1.29, 1.82) is 0 Å². The third kappa shape index (κ3) is 2.25. The number of anilines is 1. The molecule has 1 heterocycles. The van der Waals surface area contributed by atoms with E-state index in [0.29, 0.717) is 5.82 Å². The number of aromatic nitrogens is 3. The van der Waals surface area contributed by atoms with E-state index in [1.807, 2.05) is 31.2 Å². The SMILES string of the molecule is CC(=O)Nc1cccc(-c2n[nH]c(C)n2)c1. The molecule has 0 spiro atoms. The van der Waals surface area contributed by atoms with Crippen LogP contribution < -0.4 is 5.32 Å². The highest BCUT2D eigenvalue weighted by molar-refractivity contribution is 5.89. The molecule has 0 unspecified atom stereocenters. The molecule has 0 atom stereocenters. The van der Waals surface area contributed by atoms with Crippen molar-refractivity contribution in [2.24, 2.45) is 0 Å². The zero-order valence-corrected chi connectivity index (χ0v) is 9.11. The van der Waals surface area contributed by atoms with Gasteiger partial charge in [0.05, 0.1) is 0 Å². The lowest BCUT2D eigenvalue weighted by atomic mass is 10.2. The molecule has 2 N–H and O–H groups in total. The summed E-state index contributed by atoms with van der Waals surface area (Å²) in [5.41, 5.74) is 1.61. The molecule has 0 saturated carbocycles. The second kappa shape index (κ2) is 4.14. The van der Waals surface area contributed by atoms with Crippen LogP contribution in [0.5, 0.6) is 0 Å². The molecule has 2 rings (SSSR count). The Bertz CT molecular complexity index is 518. The number of H-pyrrole nitrogens is 1. The monoisotopic (exact) mass is 216 g/mol. The molecule has 1 aromatic heterocycles. The highest BCUT2D eigenvalue weighted by atomic mass is 16.1. The van der Waals surface area contributed by atoms with Crippen LogP contribution in [0.2, 0.25) is 0 Å². The minimum absolute atomic E-state index is 0.0942. The molecule has 0 radical (unpaired) electrons. The fraction of sp³-hybridized carbons (Fsp3) is 0.182. The predicted molar refractivity (Wildman–Crippen MR) is 60.9 cm³/mol. The molecule has 82 valence electrons. The summed E-state index contributed by atoms with van der Waals surface area (Å²) in [7, 11) is 0. The molecule has 1 amide bonds. The number of rotatable bonds is 2. The number of aromatic amines is 1. The van der Waals surface area contributed by atoms with Crippen molar-refractivity contribution in [2.45, 2.75) is 13.8 Å². The fourth-order valence-electron chi connectivity index (χ4n) is 1.41. The summed E-state index contributed by atoms with van der Waals surface area (Å²) in [6, 6.07) is 7.41. The Labute approximate surface area is 92.9 Å². The number of hydrogen-bond donors (Lipinski definition) is 2. The van der Waals surface area contributed by atoms with Crippen LogP contribution in [-0.2, 0) is 4.79 Å². The lowest BCUT2D eigenvalue weighted by Crippen LogP contribution is -2.05. The van der Waals surface area contributed by atoms with E-state index in [1.54, 1.807) is 0 Å². The Hall–Kier alpha value is -2.17. The Morgan fingerprint density at radius 3 is 2.88 bits per heavy atom. The topological polar surface area (TPSA) is 70.7 Å². The first kappa shape index (κ1) is 10.4. The summed E-state index contributed by atoms with van der Waals surface area (Å²) in [6.07, 6.45) is 0. The molecule has 2 aromatic rings. The van der Waals surface area contributed by atoms with Crippen LogP contribution >= 0.6 is 0 Å². The first-order valence-corrected chi connectivity index (χ1v) is 4.92. The average Bonchev–Trinajstić information content (AvgIpc) is 2.64. The van der Waals surface area contributed by atoms with Gasteiger partial charge in [0.1, 0.15) is 5.82 Å². The molecule has 0 saturated heterocycles. The van der Waals surface area contributed by atoms with Gasteiger partial charge in [-0.25, -0.2) is 4.98 Å². The van der Waals surface area contributed by atoms with Crippen LogP contribution in [0.25, 0.3) is 11.4 Å². The lowest BCUT2D eigenvalue weighted by Gasteiger charge is -2.02. The Balaban J connectivity index is 2.32. The third-order valence-corrected chi connectivity index (χ3v) is 2.04. The van der Waals surface area contributed by atoms with E-state index in [0.717, 1.165) is 17.1 Å². The number of nitrogens with zero attached hydrogens (tertiary/aromatic N) is 2. The molecular weight excluding hydrogens is 204 g/mol. The van der Waals surface area contributed by atoms with E-state index in [2.05, 4.69) is 20.5 Å². The van der Waals surface area contributed by atoms with Crippen molar-refractivity contribution >= 4 is 11.6 Å². The van der Waals surface area contributed by atoms with Crippen molar-refractivity contribution in [1.82, 2.24) is 15.2 Å². The molecule has 16 heavy (non-hydrogen) atoms. The van der Waals surface area contributed by atoms with E-state index in [9.17, 15) is 4.79 Å². The summed E-state index contributed by atoms with van der Waals surface area (Å²) < 4.78 is 0. The van der Waals surface area contributed by atoms with Gasteiger partial charge in [0.25, 0.3) is 0 Å². The third-order valence-electron chi connectivity index (χ3n) is 2.04. The van der Waals surface area contributed by atoms with Gasteiger partial charge in [-0.05, 0) is 19.1 Å². The summed E-state index contributed by atoms with van der Waals surface area (Å²) in [6.45, 7) is 3.32. The van der Waals surface area contributed by atoms with Crippen molar-refractivity contribution in [3.8, 4) is 11.4 Å². The van der Waals surface area contributed by atoms with Gasteiger partial charge < -0.3 is 5.32 Å². The van der Waals surface area contributed by atoms with Crippen LogP contribution in [-0.4, -0.2) is 21.1 Å². The number of nitrogens with one attached hydrogen (secondary N) is 2. The van der Waals surface area contributed by atoms with Crippen LogP contribution in [0.4, 0.5) is 5.69 Å². The standard InChI is InChI=1S/C11H12N4O/c1-7-12-11(15-14-7)9-4-3-5-10(6-9)13-8(2)16/h3-6H,1-2H3,(H,13,16)(H,12,14,15). The Morgan fingerprint density at radius 1 is 1.44 bits per heavy atom. The number of amides is 1. The minimum Gasteiger partial charge on any atom is -0.326 e. The zero-order valence-electron chi connectivity index (χ0n) is 9.11. The van der Waals surface area contributed by atoms with Gasteiger partial charge in [-0.3, -0.25) is 9.89 Å². The van der Waals surface area contributed by atoms with Gasteiger partial charge >= 0.3 is 0 Å². The van der Waals surface area contributed by atoms with Crippen molar-refractivity contribution in [3.05, 3.63) is 30.1 Å². The minimum atomic E-state index is -0.0942. The van der Waals surface area contributed by atoms with Crippen LogP contribution in [0.3, 0.4) is 0 Å². The first-order chi connectivity index (χ1) is 7.65. The van der Waals surface area contributed by atoms with E-state index in [1.165, 1.54) is 6.92 Å². The van der Waals surface area contributed by atoms with Crippen molar-refractivity contribution in [3.63, 3.8) is 0 Å². The number of carbonyl (C=O) groups is 1. The normalized spacial score (nSPS) is 10.1. The Kier molecular flexibility index (Phi) is 2.68. The van der Waals surface area contributed by atoms with Crippen molar-refractivity contribution in [2.75, 3.05) is 5.32 Å². The largest absolute Gasteiger partial charge is 0.326 e. The maximum atomic E-state index is 10.9. The molecule has 0 fully saturated rings. The first-order valence-electron chi connectivity index (χ1n) is 4.92. The molecule has 0 aliphatic rings. The van der Waals surface area contributed by atoms with Gasteiger partial charge in [-0.2, -0.15) is 5.10 Å². The molecule has 5 nitrogen and oxygen atoms in total. The van der Waals surface area contributed by atoms with Crippen molar-refractivity contribution < 1.29 is 4.79 Å². The summed E-state index contributed by atoms with van der Waals surface area (Å²) in [5, 5.41) is 9.55. The maximum Gasteiger partial charge on any atom is 0.221 e. The summed E-state index contributed by atoms with van der Waals surface area (Å²) >= 11 is 0. The molecule has 0 bridgehead atoms. The van der Waals surface area contributed by atoms with E-state index < -0.39 is 0 Å². The van der Waals surface area contributed by atoms with Crippen LogP contribution in [0, 0.1) is 6.92 Å². The molecule has 0 aliphatic heterocycles. The second-order valence-corrected chi connectivity index (χ2v) is 3.51. The number of hydrogen-bond acceptors (Lipinski definition) is 3. The Morgan fingerprint density at radius 2 is 2.25 bits per heavy atom. The highest BCUT2D eigenvalue weighted by Crippen LogP contribution is 2.18. The smallest absolute Gasteiger partial charge is 0.221 e. The average molecular weight is 216 g/mol. The van der Waals surface area contributed by atoms with Gasteiger partial charge in [0.2, 0.25) is 5.91 Å². The number of benzene rings is 1. The highest BCUT2D eigenvalue weighted by Gasteiger charge is 2.04. The number of aryl methyl sites for hydroxylation is 1. The molecule has 1 aromatic carbocycles. The zero-order chi connectivity index (χ0) is 11.5. The molecule has 5 heteroatoms. The van der Waals surface area contributed by atoms with E-state index >= 15 is 0 Å². The van der Waals surface area contributed by atoms with Gasteiger partial charge in [-0.15, -0.1) is 0 Å². The molecule has 0 aliphatic carbocycles. The van der Waals surface area contributed by atoms with Gasteiger partial charge in [0.15, 0.2) is 5.82 Å². The fourth-order valence-corrected chi connectivity index (χ4v) is 1.41. The van der Waals surface area contributed by atoms with Crippen LogP contribution in [0.15, 0.2) is 24.3 Å². The summed E-state index contributed by atoms with van der Waals surface area (Å²) in [4.78, 5) is 15.1. The number of carbonyl (C=O) groups excluding carboxylic acids is 1. The quantitative estimate of drug-likeness (QED) is 0.803. The van der Waals surface area contributed by atoms with Crippen LogP contribution in [0.1, 0.15) is 12.7 Å². The maximum absolute atomic E-state index is 10.9. The predicted octanol–water partition coefficient (Wildman–Crippen LogP) is 1.74. The van der Waals surface area contributed by atoms with E-state index in [-0.39, 0.29) is 5.91 Å². The van der Waals surface area contributed by atoms with E-state index in [4.69, 9.17) is 0 Å².